The van der Waals surface area contributed by atoms with Gasteiger partial charge in [-0.25, -0.2) is 4.39 Å². The summed E-state index contributed by atoms with van der Waals surface area (Å²) < 4.78 is 14.2. The third-order valence-electron chi connectivity index (χ3n) is 1.75. The van der Waals surface area contributed by atoms with Crippen LogP contribution in [0.5, 0.6) is 0 Å². The highest BCUT2D eigenvalue weighted by Gasteiger charge is 2.09. The quantitative estimate of drug-likeness (QED) is 0.754. The van der Waals surface area contributed by atoms with Gasteiger partial charge in [-0.2, -0.15) is 0 Å². The Morgan fingerprint density at radius 2 is 2.14 bits per heavy atom. The van der Waals surface area contributed by atoms with E-state index < -0.39 is 0 Å². The van der Waals surface area contributed by atoms with Gasteiger partial charge in [-0.15, -0.1) is 10.2 Å². The summed E-state index contributed by atoms with van der Waals surface area (Å²) in [6, 6.07) is 4.98. The summed E-state index contributed by atoms with van der Waals surface area (Å²) in [5.74, 6) is -0.247. The van der Waals surface area contributed by atoms with Crippen LogP contribution < -0.4 is 0 Å². The van der Waals surface area contributed by atoms with Crippen molar-refractivity contribution in [3.63, 3.8) is 0 Å². The molecule has 0 spiro atoms. The van der Waals surface area contributed by atoms with Crippen LogP contribution in [0.1, 0.15) is 5.56 Å². The lowest BCUT2D eigenvalue weighted by molar-refractivity contribution is 0.630. The molecule has 0 amide bonds. The smallest absolute Gasteiger partial charge is 0.178 e. The van der Waals surface area contributed by atoms with Gasteiger partial charge in [-0.05, 0) is 41.6 Å². The predicted molar refractivity (Wildman–Crippen MR) is 62.8 cm³/mol. The van der Waals surface area contributed by atoms with Crippen molar-refractivity contribution in [3.8, 4) is 10.6 Å². The minimum absolute atomic E-state index is 0.247. The molecule has 0 atom stereocenters. The van der Waals surface area contributed by atoms with Crippen molar-refractivity contribution >= 4 is 33.9 Å². The molecule has 0 bridgehead atoms. The van der Waals surface area contributed by atoms with Crippen LogP contribution in [0.15, 0.2) is 18.2 Å². The van der Waals surface area contributed by atoms with Crippen LogP contribution >= 0.6 is 33.9 Å². The fourth-order valence-electron chi connectivity index (χ4n) is 1.12. The number of hydrogen-bond donors (Lipinski definition) is 0. The maximum atomic E-state index is 13.4. The van der Waals surface area contributed by atoms with Crippen molar-refractivity contribution in [2.24, 2.45) is 0 Å². The Kier molecular flexibility index (Phi) is 2.78. The van der Waals surface area contributed by atoms with E-state index in [1.165, 1.54) is 17.4 Å². The molecule has 2 nitrogen and oxygen atoms in total. The third-order valence-corrected chi connectivity index (χ3v) is 3.37. The van der Waals surface area contributed by atoms with E-state index in [2.05, 4.69) is 32.8 Å². The molecule has 0 aliphatic carbocycles. The lowest BCUT2D eigenvalue weighted by Crippen LogP contribution is -1.84. The van der Waals surface area contributed by atoms with Gasteiger partial charge in [0.25, 0.3) is 0 Å². The van der Waals surface area contributed by atoms with Crippen molar-refractivity contribution < 1.29 is 4.39 Å². The highest BCUT2D eigenvalue weighted by Crippen LogP contribution is 2.27. The van der Waals surface area contributed by atoms with Crippen LogP contribution in [0, 0.1) is 15.8 Å². The molecule has 0 radical (unpaired) electrons. The molecule has 14 heavy (non-hydrogen) atoms. The summed E-state index contributed by atoms with van der Waals surface area (Å²) in [4.78, 5) is 0. The van der Waals surface area contributed by atoms with E-state index >= 15 is 0 Å². The van der Waals surface area contributed by atoms with Gasteiger partial charge in [-0.3, -0.25) is 0 Å². The molecule has 2 rings (SSSR count). The number of benzene rings is 1. The standard InChI is InChI=1S/C9H6FIN2S/c1-5-2-3-7(10)6(4-5)8-12-13-9(11)14-8/h2-4H,1H3. The van der Waals surface area contributed by atoms with Crippen LogP contribution in [-0.2, 0) is 0 Å². The number of aryl methyl sites for hydroxylation is 1. The summed E-state index contributed by atoms with van der Waals surface area (Å²) in [6.45, 7) is 1.93. The van der Waals surface area contributed by atoms with Crippen LogP contribution in [0.3, 0.4) is 0 Å². The van der Waals surface area contributed by atoms with E-state index in [1.54, 1.807) is 12.1 Å². The molecule has 0 aliphatic heterocycles. The van der Waals surface area contributed by atoms with Crippen molar-refractivity contribution in [1.82, 2.24) is 10.2 Å². The average Bonchev–Trinajstić information content (AvgIpc) is 2.56. The summed E-state index contributed by atoms with van der Waals surface area (Å²) in [5, 5.41) is 8.40. The number of halogens is 2. The molecule has 1 aromatic carbocycles. The fraction of sp³-hybridized carbons (Fsp3) is 0.111. The fourth-order valence-corrected chi connectivity index (χ4v) is 2.44. The van der Waals surface area contributed by atoms with Crippen LogP contribution in [0.25, 0.3) is 10.6 Å². The minimum Gasteiger partial charge on any atom is -0.206 e. The normalized spacial score (nSPS) is 10.5. The average molecular weight is 320 g/mol. The van der Waals surface area contributed by atoms with E-state index in [0.717, 1.165) is 8.58 Å². The molecule has 72 valence electrons. The number of rotatable bonds is 1. The van der Waals surface area contributed by atoms with E-state index in [0.29, 0.717) is 10.6 Å². The molecule has 0 fully saturated rings. The Labute approximate surface area is 98.3 Å². The van der Waals surface area contributed by atoms with Crippen LogP contribution in [-0.4, -0.2) is 10.2 Å². The van der Waals surface area contributed by atoms with Gasteiger partial charge in [0.1, 0.15) is 5.82 Å². The van der Waals surface area contributed by atoms with E-state index in [4.69, 9.17) is 0 Å². The van der Waals surface area contributed by atoms with Crippen LogP contribution in [0.2, 0.25) is 0 Å². The second-order valence-corrected chi connectivity index (χ2v) is 5.57. The van der Waals surface area contributed by atoms with Crippen LogP contribution in [0.4, 0.5) is 4.39 Å². The lowest BCUT2D eigenvalue weighted by atomic mass is 10.1. The zero-order chi connectivity index (χ0) is 10.1. The molecule has 0 aliphatic rings. The third kappa shape index (κ3) is 1.93. The van der Waals surface area contributed by atoms with E-state index in [1.807, 2.05) is 6.92 Å². The summed E-state index contributed by atoms with van der Waals surface area (Å²) in [6.07, 6.45) is 0. The molecule has 5 heteroatoms. The summed E-state index contributed by atoms with van der Waals surface area (Å²) in [5.41, 5.74) is 1.55. The molecular formula is C9H6FIN2S. The second-order valence-electron chi connectivity index (χ2n) is 2.84. The largest absolute Gasteiger partial charge is 0.206 e. The van der Waals surface area contributed by atoms with Crippen molar-refractivity contribution in [2.45, 2.75) is 6.92 Å². The Morgan fingerprint density at radius 3 is 2.79 bits per heavy atom. The molecule has 0 unspecified atom stereocenters. The molecule has 2 aromatic rings. The first-order valence-electron chi connectivity index (χ1n) is 3.92. The van der Waals surface area contributed by atoms with Crippen molar-refractivity contribution in [2.75, 3.05) is 0 Å². The Bertz CT molecular complexity index is 470. The topological polar surface area (TPSA) is 25.8 Å². The van der Waals surface area contributed by atoms with Gasteiger partial charge in [0.05, 0.1) is 0 Å². The molecule has 1 heterocycles. The van der Waals surface area contributed by atoms with E-state index in [-0.39, 0.29) is 5.82 Å². The van der Waals surface area contributed by atoms with Gasteiger partial charge in [0.15, 0.2) is 8.02 Å². The van der Waals surface area contributed by atoms with Gasteiger partial charge in [-0.1, -0.05) is 23.0 Å². The maximum absolute atomic E-state index is 13.4. The van der Waals surface area contributed by atoms with Crippen molar-refractivity contribution in [3.05, 3.63) is 32.6 Å². The van der Waals surface area contributed by atoms with Crippen molar-refractivity contribution in [1.29, 1.82) is 0 Å². The zero-order valence-corrected chi connectivity index (χ0v) is 10.3. The minimum atomic E-state index is -0.247. The number of hydrogen-bond acceptors (Lipinski definition) is 3. The number of aromatic nitrogens is 2. The first kappa shape index (κ1) is 9.97. The zero-order valence-electron chi connectivity index (χ0n) is 7.29. The molecule has 1 aromatic heterocycles. The summed E-state index contributed by atoms with van der Waals surface area (Å²) in [7, 11) is 0. The molecule has 0 saturated carbocycles. The highest BCUT2D eigenvalue weighted by molar-refractivity contribution is 14.1. The summed E-state index contributed by atoms with van der Waals surface area (Å²) >= 11 is 3.46. The van der Waals surface area contributed by atoms with Gasteiger partial charge in [0.2, 0.25) is 0 Å². The lowest BCUT2D eigenvalue weighted by Gasteiger charge is -1.98. The van der Waals surface area contributed by atoms with Gasteiger partial charge in [0, 0.05) is 5.56 Å². The first-order valence-corrected chi connectivity index (χ1v) is 5.82. The van der Waals surface area contributed by atoms with Gasteiger partial charge >= 0.3 is 0 Å². The molecule has 0 saturated heterocycles. The predicted octanol–water partition coefficient (Wildman–Crippen LogP) is 3.26. The first-order chi connectivity index (χ1) is 6.66. The van der Waals surface area contributed by atoms with Gasteiger partial charge < -0.3 is 0 Å². The highest BCUT2D eigenvalue weighted by atomic mass is 127. The Balaban J connectivity index is 2.55. The maximum Gasteiger partial charge on any atom is 0.178 e. The Hall–Kier alpha value is -0.560. The Morgan fingerprint density at radius 1 is 1.36 bits per heavy atom. The molecule has 0 N–H and O–H groups in total. The second kappa shape index (κ2) is 3.90. The molecular weight excluding hydrogens is 314 g/mol. The van der Waals surface area contributed by atoms with E-state index in [9.17, 15) is 4.39 Å². The monoisotopic (exact) mass is 320 g/mol. The SMILES string of the molecule is Cc1ccc(F)c(-c2nnc(I)s2)c1. The number of nitrogens with zero attached hydrogens (tertiary/aromatic N) is 2.